The van der Waals surface area contributed by atoms with Crippen molar-refractivity contribution in [2.75, 3.05) is 13.2 Å². The summed E-state index contributed by atoms with van der Waals surface area (Å²) in [6.07, 6.45) is 80.0. The van der Waals surface area contributed by atoms with Crippen molar-refractivity contribution in [1.82, 2.24) is 0 Å². The molecule has 0 N–H and O–H groups in total. The topological polar surface area (TPSA) is 78.9 Å². The molecule has 1 unspecified atom stereocenters. The summed E-state index contributed by atoms with van der Waals surface area (Å²) in [6.45, 7) is 6.30. The molecule has 6 nitrogen and oxygen atoms in total. The first-order valence-corrected chi connectivity index (χ1v) is 28.3. The first kappa shape index (κ1) is 65.5. The van der Waals surface area contributed by atoms with Gasteiger partial charge in [0, 0.05) is 19.3 Å². The molecule has 0 saturated carbocycles. The van der Waals surface area contributed by atoms with E-state index in [1.54, 1.807) is 0 Å². The number of rotatable bonds is 49. The van der Waals surface area contributed by atoms with Gasteiger partial charge in [-0.2, -0.15) is 0 Å². The van der Waals surface area contributed by atoms with Crippen LogP contribution in [0.1, 0.15) is 233 Å². The van der Waals surface area contributed by atoms with Crippen molar-refractivity contribution < 1.29 is 28.6 Å². The second-order valence-electron chi connectivity index (χ2n) is 18.3. The lowest BCUT2D eigenvalue weighted by molar-refractivity contribution is -0.167. The van der Waals surface area contributed by atoms with Gasteiger partial charge >= 0.3 is 17.9 Å². The van der Waals surface area contributed by atoms with Gasteiger partial charge in [-0.1, -0.05) is 264 Å². The van der Waals surface area contributed by atoms with Crippen molar-refractivity contribution in [1.29, 1.82) is 0 Å². The summed E-state index contributed by atoms with van der Waals surface area (Å²) in [5.74, 6) is -0.976. The van der Waals surface area contributed by atoms with Crippen molar-refractivity contribution in [2.24, 2.45) is 0 Å². The van der Waals surface area contributed by atoms with E-state index in [2.05, 4.69) is 81.5 Å². The lowest BCUT2D eigenvalue weighted by Gasteiger charge is -2.18. The number of hydrogen-bond acceptors (Lipinski definition) is 6. The highest BCUT2D eigenvalue weighted by Crippen LogP contribution is 2.14. The molecular weight excluding hydrogens is 865 g/mol. The first-order valence-electron chi connectivity index (χ1n) is 28.3. The zero-order valence-electron chi connectivity index (χ0n) is 45.0. The lowest BCUT2D eigenvalue weighted by Crippen LogP contribution is -2.30. The fraction of sp³-hybridized carbons (Fsp3) is 0.609. The average Bonchev–Trinajstić information content (AvgIpc) is 3.36. The number of carbonyl (C=O) groups is 3. The van der Waals surface area contributed by atoms with Crippen molar-refractivity contribution in [3.63, 3.8) is 0 Å². The third-order valence-corrected chi connectivity index (χ3v) is 11.6. The SMILES string of the molecule is CC\C=C/C=C\C=C/C=C\C=C\C=C/C=C\CCCCCC(=O)OCC(COC(=O)CCCCCCCCC\C=C/C=C\C=C/CC)OC(=O)CCCCCCC/C=C\CCCCCCCCCCC. The Morgan fingerprint density at radius 1 is 0.300 bits per heavy atom. The Morgan fingerprint density at radius 3 is 0.929 bits per heavy atom. The normalized spacial score (nSPS) is 13.1. The largest absolute Gasteiger partial charge is 0.462 e. The minimum Gasteiger partial charge on any atom is -0.462 e. The molecule has 394 valence electrons. The molecule has 70 heavy (non-hydrogen) atoms. The van der Waals surface area contributed by atoms with Gasteiger partial charge in [-0.25, -0.2) is 0 Å². The molecule has 0 aromatic heterocycles. The molecule has 0 amide bonds. The standard InChI is InChI=1S/C64H102O6/c1-4-7-10-13-16-19-22-25-28-30-32-34-36-39-42-45-48-51-54-57-63(66)69-60-61(59-68-62(65)56-53-50-47-44-41-38-35-27-24-21-18-15-12-9-6-3)70-64(67)58-55-52-49-46-43-40-37-33-31-29-26-23-20-17-14-11-8-5-2/h7,9-10,12-13,15-16,18-19,21-22,24-25,28,30,32-34,36-37,39,42,61H,4-6,8,11,14,17,20,23,26-27,29,31,35,38,40-41,43-60H2,1-3H3/b10-7-,12-9-,16-13-,18-15-,22-19-,24-21-,28-25-,32-30+,36-34-,37-33-,42-39-. The fourth-order valence-electron chi connectivity index (χ4n) is 7.42. The van der Waals surface area contributed by atoms with Gasteiger partial charge in [0.2, 0.25) is 0 Å². The van der Waals surface area contributed by atoms with E-state index in [9.17, 15) is 14.4 Å². The second-order valence-corrected chi connectivity index (χ2v) is 18.3. The number of esters is 3. The molecule has 0 spiro atoms. The smallest absolute Gasteiger partial charge is 0.306 e. The molecule has 0 aromatic carbocycles. The number of ether oxygens (including phenoxy) is 3. The Hall–Kier alpha value is -4.45. The average molecular weight is 968 g/mol. The quantitative estimate of drug-likeness (QED) is 0.0199. The van der Waals surface area contributed by atoms with Gasteiger partial charge in [-0.05, 0) is 83.5 Å². The molecular formula is C64H102O6. The summed E-state index contributed by atoms with van der Waals surface area (Å²) in [5, 5.41) is 0. The maximum absolute atomic E-state index is 12.9. The molecule has 0 heterocycles. The maximum Gasteiger partial charge on any atom is 0.306 e. The zero-order valence-corrected chi connectivity index (χ0v) is 45.0. The van der Waals surface area contributed by atoms with Crippen LogP contribution < -0.4 is 0 Å². The molecule has 0 saturated heterocycles. The summed E-state index contributed by atoms with van der Waals surface area (Å²) in [7, 11) is 0. The van der Waals surface area contributed by atoms with E-state index in [-0.39, 0.29) is 31.1 Å². The van der Waals surface area contributed by atoms with E-state index in [0.29, 0.717) is 19.3 Å². The van der Waals surface area contributed by atoms with Crippen molar-refractivity contribution in [2.45, 2.75) is 239 Å². The van der Waals surface area contributed by atoms with E-state index in [1.165, 1.54) is 96.3 Å². The number of allylic oxidation sites excluding steroid dienone is 22. The predicted octanol–water partition coefficient (Wildman–Crippen LogP) is 19.0. The highest BCUT2D eigenvalue weighted by atomic mass is 16.6. The van der Waals surface area contributed by atoms with Gasteiger partial charge in [-0.15, -0.1) is 0 Å². The van der Waals surface area contributed by atoms with Gasteiger partial charge in [-0.3, -0.25) is 14.4 Å². The van der Waals surface area contributed by atoms with Gasteiger partial charge in [0.1, 0.15) is 13.2 Å². The third kappa shape index (κ3) is 54.5. The van der Waals surface area contributed by atoms with E-state index in [1.807, 2.05) is 72.9 Å². The second kappa shape index (κ2) is 57.1. The van der Waals surface area contributed by atoms with Crippen LogP contribution in [0, 0.1) is 0 Å². The van der Waals surface area contributed by atoms with Gasteiger partial charge < -0.3 is 14.2 Å². The van der Waals surface area contributed by atoms with Crippen LogP contribution in [-0.2, 0) is 28.6 Å². The van der Waals surface area contributed by atoms with Crippen LogP contribution in [0.15, 0.2) is 134 Å². The molecule has 0 aliphatic carbocycles. The Balaban J connectivity index is 4.54. The Kier molecular flexibility index (Phi) is 53.5. The molecule has 0 aromatic rings. The lowest BCUT2D eigenvalue weighted by atomic mass is 10.1. The monoisotopic (exact) mass is 967 g/mol. The molecule has 0 aliphatic rings. The van der Waals surface area contributed by atoms with Gasteiger partial charge in [0.05, 0.1) is 0 Å². The fourth-order valence-corrected chi connectivity index (χ4v) is 7.42. The summed E-state index contributed by atoms with van der Waals surface area (Å²) < 4.78 is 16.8. The molecule has 6 heteroatoms. The Morgan fingerprint density at radius 2 is 0.571 bits per heavy atom. The first-order chi connectivity index (χ1) is 34.5. The predicted molar refractivity (Wildman–Crippen MR) is 302 cm³/mol. The van der Waals surface area contributed by atoms with Crippen LogP contribution in [0.2, 0.25) is 0 Å². The van der Waals surface area contributed by atoms with Crippen LogP contribution in [0.25, 0.3) is 0 Å². The minimum atomic E-state index is -0.812. The summed E-state index contributed by atoms with van der Waals surface area (Å²) >= 11 is 0. The van der Waals surface area contributed by atoms with Crippen molar-refractivity contribution in [3.8, 4) is 0 Å². The highest BCUT2D eigenvalue weighted by molar-refractivity contribution is 5.71. The number of carbonyl (C=O) groups excluding carboxylic acids is 3. The number of unbranched alkanes of at least 4 members (excludes halogenated alkanes) is 24. The summed E-state index contributed by atoms with van der Waals surface area (Å²) in [5.41, 5.74) is 0. The van der Waals surface area contributed by atoms with Crippen LogP contribution in [0.5, 0.6) is 0 Å². The molecule has 0 fully saturated rings. The third-order valence-electron chi connectivity index (χ3n) is 11.6. The summed E-state index contributed by atoms with van der Waals surface area (Å²) in [4.78, 5) is 38.2. The van der Waals surface area contributed by atoms with Gasteiger partial charge in [0.25, 0.3) is 0 Å². The van der Waals surface area contributed by atoms with Gasteiger partial charge in [0.15, 0.2) is 6.10 Å². The molecule has 0 radical (unpaired) electrons. The highest BCUT2D eigenvalue weighted by Gasteiger charge is 2.19. The van der Waals surface area contributed by atoms with E-state index < -0.39 is 6.10 Å². The van der Waals surface area contributed by atoms with Crippen molar-refractivity contribution in [3.05, 3.63) is 134 Å². The Labute approximate surface area is 430 Å². The summed E-state index contributed by atoms with van der Waals surface area (Å²) in [6, 6.07) is 0. The zero-order chi connectivity index (χ0) is 50.7. The van der Waals surface area contributed by atoms with E-state index in [4.69, 9.17) is 14.2 Å². The molecule has 0 bridgehead atoms. The minimum absolute atomic E-state index is 0.107. The number of hydrogen-bond donors (Lipinski definition) is 0. The van der Waals surface area contributed by atoms with Crippen molar-refractivity contribution >= 4 is 17.9 Å². The molecule has 0 rings (SSSR count). The van der Waals surface area contributed by atoms with E-state index >= 15 is 0 Å². The van der Waals surface area contributed by atoms with E-state index in [0.717, 1.165) is 96.3 Å². The van der Waals surface area contributed by atoms with Crippen LogP contribution in [0.3, 0.4) is 0 Å². The maximum atomic E-state index is 12.9. The van der Waals surface area contributed by atoms with Crippen LogP contribution in [0.4, 0.5) is 0 Å². The van der Waals surface area contributed by atoms with Crippen LogP contribution >= 0.6 is 0 Å². The molecule has 0 aliphatic heterocycles. The molecule has 1 atom stereocenters. The van der Waals surface area contributed by atoms with Crippen LogP contribution in [-0.4, -0.2) is 37.2 Å². The Bertz CT molecular complexity index is 1530.